The molecule has 2 amide bonds. The number of carbonyl (C=O) groups excluding carboxylic acids is 1. The van der Waals surface area contributed by atoms with E-state index in [0.717, 1.165) is 16.3 Å². The summed E-state index contributed by atoms with van der Waals surface area (Å²) in [6.07, 6.45) is 2.34. The zero-order valence-electron chi connectivity index (χ0n) is 14.5. The number of benzene rings is 1. The SMILES string of the molecule is CC(C)(C)CN(CCCO)C(=O)Nc1cccc(-c2nccs2)c1. The minimum atomic E-state index is -0.144. The summed E-state index contributed by atoms with van der Waals surface area (Å²) in [5.41, 5.74) is 1.73. The van der Waals surface area contributed by atoms with Gasteiger partial charge in [-0.1, -0.05) is 32.9 Å². The number of urea groups is 1. The summed E-state index contributed by atoms with van der Waals surface area (Å²) in [4.78, 5) is 18.7. The van der Waals surface area contributed by atoms with Crippen LogP contribution in [0.2, 0.25) is 0 Å². The van der Waals surface area contributed by atoms with Crippen LogP contribution in [0.5, 0.6) is 0 Å². The van der Waals surface area contributed by atoms with Gasteiger partial charge in [0.1, 0.15) is 5.01 Å². The third-order valence-corrected chi connectivity index (χ3v) is 4.15. The average molecular weight is 347 g/mol. The monoisotopic (exact) mass is 347 g/mol. The average Bonchev–Trinajstić information content (AvgIpc) is 3.05. The van der Waals surface area contributed by atoms with Crippen molar-refractivity contribution in [3.63, 3.8) is 0 Å². The van der Waals surface area contributed by atoms with Gasteiger partial charge in [0.2, 0.25) is 0 Å². The number of amides is 2. The Hall–Kier alpha value is -1.92. The fraction of sp³-hybridized carbons (Fsp3) is 0.444. The van der Waals surface area contributed by atoms with Crippen molar-refractivity contribution in [1.82, 2.24) is 9.88 Å². The standard InChI is InChI=1S/C18H25N3O2S/c1-18(2,3)13-21(9-5-10-22)17(23)20-15-7-4-6-14(12-15)16-19-8-11-24-16/h4,6-8,11-12,22H,5,9-10,13H2,1-3H3,(H,20,23). The predicted octanol–water partition coefficient (Wildman–Crippen LogP) is 4.07. The van der Waals surface area contributed by atoms with Crippen LogP contribution in [0.3, 0.4) is 0 Å². The highest BCUT2D eigenvalue weighted by Crippen LogP contribution is 2.25. The first-order chi connectivity index (χ1) is 11.4. The summed E-state index contributed by atoms with van der Waals surface area (Å²) in [5, 5.41) is 14.9. The van der Waals surface area contributed by atoms with E-state index >= 15 is 0 Å². The van der Waals surface area contributed by atoms with Gasteiger partial charge in [-0.25, -0.2) is 9.78 Å². The Morgan fingerprint density at radius 1 is 1.38 bits per heavy atom. The Kier molecular flexibility index (Phi) is 6.34. The lowest BCUT2D eigenvalue weighted by molar-refractivity contribution is 0.176. The van der Waals surface area contributed by atoms with E-state index in [1.165, 1.54) is 0 Å². The van der Waals surface area contributed by atoms with Crippen LogP contribution in [0.25, 0.3) is 10.6 Å². The number of rotatable bonds is 6. The zero-order chi connectivity index (χ0) is 17.6. The second-order valence-corrected chi connectivity index (χ2v) is 7.80. The summed E-state index contributed by atoms with van der Waals surface area (Å²) in [6, 6.07) is 7.55. The van der Waals surface area contributed by atoms with Gasteiger partial charge < -0.3 is 15.3 Å². The van der Waals surface area contributed by atoms with Crippen molar-refractivity contribution in [2.24, 2.45) is 5.41 Å². The maximum atomic E-state index is 12.6. The molecule has 0 bridgehead atoms. The molecule has 24 heavy (non-hydrogen) atoms. The lowest BCUT2D eigenvalue weighted by atomic mass is 9.96. The fourth-order valence-corrected chi connectivity index (χ4v) is 3.02. The van der Waals surface area contributed by atoms with Crippen LogP contribution < -0.4 is 5.32 Å². The lowest BCUT2D eigenvalue weighted by Gasteiger charge is -2.30. The number of nitrogens with zero attached hydrogens (tertiary/aromatic N) is 2. The maximum Gasteiger partial charge on any atom is 0.321 e. The number of carbonyl (C=O) groups is 1. The third-order valence-electron chi connectivity index (χ3n) is 3.33. The molecule has 0 fully saturated rings. The van der Waals surface area contributed by atoms with Gasteiger partial charge in [-0.2, -0.15) is 0 Å². The molecule has 0 spiro atoms. The first-order valence-corrected chi connectivity index (χ1v) is 8.94. The smallest absolute Gasteiger partial charge is 0.321 e. The van der Waals surface area contributed by atoms with Crippen LogP contribution in [0.15, 0.2) is 35.8 Å². The number of hydrogen-bond donors (Lipinski definition) is 2. The molecule has 5 nitrogen and oxygen atoms in total. The number of aliphatic hydroxyl groups is 1. The molecule has 0 aliphatic carbocycles. The Morgan fingerprint density at radius 2 is 2.17 bits per heavy atom. The molecule has 0 saturated carbocycles. The molecule has 0 aliphatic heterocycles. The van der Waals surface area contributed by atoms with Gasteiger partial charge in [0.05, 0.1) is 0 Å². The number of thiazole rings is 1. The van der Waals surface area contributed by atoms with E-state index in [0.29, 0.717) is 19.5 Å². The molecule has 6 heteroatoms. The Morgan fingerprint density at radius 3 is 2.79 bits per heavy atom. The highest BCUT2D eigenvalue weighted by molar-refractivity contribution is 7.13. The van der Waals surface area contributed by atoms with Crippen molar-refractivity contribution in [2.75, 3.05) is 25.0 Å². The molecule has 0 unspecified atom stereocenters. The highest BCUT2D eigenvalue weighted by atomic mass is 32.1. The number of anilines is 1. The zero-order valence-corrected chi connectivity index (χ0v) is 15.3. The lowest BCUT2D eigenvalue weighted by Crippen LogP contribution is -2.41. The Balaban J connectivity index is 2.09. The van der Waals surface area contributed by atoms with Crippen LogP contribution >= 0.6 is 11.3 Å². The van der Waals surface area contributed by atoms with Crippen LogP contribution in [0.4, 0.5) is 10.5 Å². The Bertz CT molecular complexity index is 651. The third kappa shape index (κ3) is 5.62. The normalized spacial score (nSPS) is 11.3. The van der Waals surface area contributed by atoms with E-state index in [2.05, 4.69) is 31.1 Å². The van der Waals surface area contributed by atoms with Crippen LogP contribution in [0.1, 0.15) is 27.2 Å². The fourth-order valence-electron chi connectivity index (χ4n) is 2.39. The maximum absolute atomic E-state index is 12.6. The topological polar surface area (TPSA) is 65.5 Å². The molecule has 2 aromatic rings. The van der Waals surface area contributed by atoms with Crippen LogP contribution in [-0.2, 0) is 0 Å². The molecule has 1 aromatic heterocycles. The number of nitrogens with one attached hydrogen (secondary N) is 1. The highest BCUT2D eigenvalue weighted by Gasteiger charge is 2.20. The minimum Gasteiger partial charge on any atom is -0.396 e. The molecule has 2 N–H and O–H groups in total. The Labute approximate surface area is 147 Å². The number of aliphatic hydroxyl groups excluding tert-OH is 1. The molecule has 0 aliphatic rings. The van der Waals surface area contributed by atoms with Gasteiger partial charge in [-0.3, -0.25) is 0 Å². The van der Waals surface area contributed by atoms with E-state index < -0.39 is 0 Å². The van der Waals surface area contributed by atoms with Crippen molar-refractivity contribution in [3.8, 4) is 10.6 Å². The van der Waals surface area contributed by atoms with Crippen molar-refractivity contribution >= 4 is 23.1 Å². The van der Waals surface area contributed by atoms with Crippen LogP contribution in [0, 0.1) is 5.41 Å². The van der Waals surface area contributed by atoms with E-state index in [-0.39, 0.29) is 18.1 Å². The van der Waals surface area contributed by atoms with E-state index in [1.54, 1.807) is 22.4 Å². The molecule has 0 atom stereocenters. The summed E-state index contributed by atoms with van der Waals surface area (Å²) in [7, 11) is 0. The molecule has 0 saturated heterocycles. The van der Waals surface area contributed by atoms with Crippen molar-refractivity contribution < 1.29 is 9.90 Å². The molecular weight excluding hydrogens is 322 g/mol. The van der Waals surface area contributed by atoms with Crippen molar-refractivity contribution in [1.29, 1.82) is 0 Å². The van der Waals surface area contributed by atoms with E-state index in [1.807, 2.05) is 29.6 Å². The predicted molar refractivity (Wildman–Crippen MR) is 99.3 cm³/mol. The first-order valence-electron chi connectivity index (χ1n) is 8.06. The van der Waals surface area contributed by atoms with Gasteiger partial charge >= 0.3 is 6.03 Å². The van der Waals surface area contributed by atoms with E-state index in [4.69, 9.17) is 5.11 Å². The molecule has 130 valence electrons. The number of hydrogen-bond acceptors (Lipinski definition) is 4. The van der Waals surface area contributed by atoms with Gasteiger partial charge in [-0.15, -0.1) is 11.3 Å². The summed E-state index contributed by atoms with van der Waals surface area (Å²) in [5.74, 6) is 0. The van der Waals surface area contributed by atoms with E-state index in [9.17, 15) is 4.79 Å². The van der Waals surface area contributed by atoms with Crippen LogP contribution in [-0.4, -0.2) is 40.7 Å². The quantitative estimate of drug-likeness (QED) is 0.828. The van der Waals surface area contributed by atoms with Gasteiger partial charge in [0, 0.05) is 42.5 Å². The van der Waals surface area contributed by atoms with Gasteiger partial charge in [0.15, 0.2) is 0 Å². The molecule has 0 radical (unpaired) electrons. The van der Waals surface area contributed by atoms with Crippen molar-refractivity contribution in [2.45, 2.75) is 27.2 Å². The summed E-state index contributed by atoms with van der Waals surface area (Å²) < 4.78 is 0. The first kappa shape index (κ1) is 18.4. The summed E-state index contributed by atoms with van der Waals surface area (Å²) >= 11 is 1.57. The summed E-state index contributed by atoms with van der Waals surface area (Å²) in [6.45, 7) is 7.52. The second kappa shape index (κ2) is 8.26. The number of aromatic nitrogens is 1. The largest absolute Gasteiger partial charge is 0.396 e. The molecule has 2 rings (SSSR count). The molecule has 1 heterocycles. The van der Waals surface area contributed by atoms with Crippen molar-refractivity contribution in [3.05, 3.63) is 35.8 Å². The minimum absolute atomic E-state index is 0.00443. The molecular formula is C18H25N3O2S. The molecule has 1 aromatic carbocycles. The second-order valence-electron chi connectivity index (χ2n) is 6.91. The van der Waals surface area contributed by atoms with Gasteiger partial charge in [-0.05, 0) is 24.0 Å². The van der Waals surface area contributed by atoms with Gasteiger partial charge in [0.25, 0.3) is 0 Å².